The average Bonchev–Trinajstić information content (AvgIpc) is 2.96. The highest BCUT2D eigenvalue weighted by molar-refractivity contribution is 7.17. The molecule has 1 amide bonds. The molecular weight excluding hydrogens is 290 g/mol. The molecular formula is C14H19N3O3S. The smallest absolute Gasteiger partial charge is 0.271 e. The number of thiophene rings is 1. The van der Waals surface area contributed by atoms with E-state index in [-0.39, 0.29) is 36.6 Å². The molecule has 2 rings (SSSR count). The van der Waals surface area contributed by atoms with Crippen molar-refractivity contribution in [3.8, 4) is 0 Å². The highest BCUT2D eigenvalue weighted by Crippen LogP contribution is 2.13. The van der Waals surface area contributed by atoms with Crippen LogP contribution in [0.4, 0.5) is 0 Å². The molecule has 0 bridgehead atoms. The van der Waals surface area contributed by atoms with E-state index in [0.29, 0.717) is 10.2 Å². The van der Waals surface area contributed by atoms with E-state index in [2.05, 4.69) is 10.3 Å². The highest BCUT2D eigenvalue weighted by Gasteiger charge is 2.18. The predicted octanol–water partition coefficient (Wildman–Crippen LogP) is 0.981. The van der Waals surface area contributed by atoms with E-state index in [1.54, 1.807) is 11.4 Å². The Morgan fingerprint density at radius 1 is 1.57 bits per heavy atom. The fourth-order valence-corrected chi connectivity index (χ4v) is 2.84. The molecule has 2 aromatic rings. The summed E-state index contributed by atoms with van der Waals surface area (Å²) < 4.78 is 1.84. The van der Waals surface area contributed by atoms with Gasteiger partial charge in [-0.2, -0.15) is 0 Å². The van der Waals surface area contributed by atoms with Gasteiger partial charge in [0.2, 0.25) is 5.91 Å². The summed E-state index contributed by atoms with van der Waals surface area (Å²) in [5, 5.41) is 13.9. The normalized spacial score (nSPS) is 14.0. The Morgan fingerprint density at radius 2 is 2.33 bits per heavy atom. The Labute approximate surface area is 126 Å². The van der Waals surface area contributed by atoms with Gasteiger partial charge < -0.3 is 10.4 Å². The molecule has 0 aromatic carbocycles. The van der Waals surface area contributed by atoms with Crippen LogP contribution in [-0.2, 0) is 11.3 Å². The Bertz CT molecular complexity index is 679. The third kappa shape index (κ3) is 3.48. The number of aromatic nitrogens is 2. The van der Waals surface area contributed by atoms with Crippen molar-refractivity contribution in [1.82, 2.24) is 14.9 Å². The summed E-state index contributed by atoms with van der Waals surface area (Å²) in [4.78, 5) is 28.3. The van der Waals surface area contributed by atoms with Crippen molar-refractivity contribution in [2.75, 3.05) is 6.61 Å². The number of fused-ring (bicyclic) bond motifs is 1. The van der Waals surface area contributed by atoms with Gasteiger partial charge in [0.25, 0.3) is 5.56 Å². The molecule has 21 heavy (non-hydrogen) atoms. The van der Waals surface area contributed by atoms with Crippen molar-refractivity contribution in [3.63, 3.8) is 0 Å². The van der Waals surface area contributed by atoms with E-state index < -0.39 is 0 Å². The second-order valence-electron chi connectivity index (χ2n) is 5.05. The minimum Gasteiger partial charge on any atom is -0.394 e. The van der Waals surface area contributed by atoms with Crippen LogP contribution in [0.1, 0.15) is 20.3 Å². The van der Waals surface area contributed by atoms with E-state index in [1.807, 2.05) is 13.8 Å². The van der Waals surface area contributed by atoms with Crippen LogP contribution in [0.25, 0.3) is 10.2 Å². The Kier molecular flexibility index (Phi) is 5.08. The molecule has 0 spiro atoms. The van der Waals surface area contributed by atoms with Crippen LogP contribution in [0.2, 0.25) is 0 Å². The number of aliphatic hydroxyl groups is 1. The van der Waals surface area contributed by atoms with Gasteiger partial charge in [-0.25, -0.2) is 4.98 Å². The lowest BCUT2D eigenvalue weighted by molar-refractivity contribution is -0.123. The summed E-state index contributed by atoms with van der Waals surface area (Å²) in [5.41, 5.74) is 0.434. The molecule has 0 saturated heterocycles. The molecule has 0 saturated carbocycles. The molecule has 2 atom stereocenters. The van der Waals surface area contributed by atoms with Gasteiger partial charge in [0.15, 0.2) is 0 Å². The summed E-state index contributed by atoms with van der Waals surface area (Å²) in [6.45, 7) is 3.76. The van der Waals surface area contributed by atoms with Gasteiger partial charge in [0.1, 0.15) is 11.2 Å². The Morgan fingerprint density at radius 3 is 3.00 bits per heavy atom. The predicted molar refractivity (Wildman–Crippen MR) is 82.4 cm³/mol. The molecule has 7 heteroatoms. The van der Waals surface area contributed by atoms with Crippen molar-refractivity contribution in [2.45, 2.75) is 32.9 Å². The molecule has 6 nitrogen and oxygen atoms in total. The van der Waals surface area contributed by atoms with Gasteiger partial charge in [-0.3, -0.25) is 14.2 Å². The third-order valence-corrected chi connectivity index (χ3v) is 4.52. The fraction of sp³-hybridized carbons (Fsp3) is 0.500. The quantitative estimate of drug-likeness (QED) is 0.833. The Hall–Kier alpha value is -1.73. The van der Waals surface area contributed by atoms with Crippen molar-refractivity contribution in [2.24, 2.45) is 5.92 Å². The highest BCUT2D eigenvalue weighted by atomic mass is 32.1. The van der Waals surface area contributed by atoms with E-state index >= 15 is 0 Å². The first kappa shape index (κ1) is 15.7. The molecule has 0 radical (unpaired) electrons. The average molecular weight is 309 g/mol. The van der Waals surface area contributed by atoms with Crippen LogP contribution in [0.5, 0.6) is 0 Å². The summed E-state index contributed by atoms with van der Waals surface area (Å²) in [6.07, 6.45) is 2.24. The molecule has 0 unspecified atom stereocenters. The topological polar surface area (TPSA) is 84.2 Å². The monoisotopic (exact) mass is 309 g/mol. The van der Waals surface area contributed by atoms with Crippen LogP contribution in [0.15, 0.2) is 22.6 Å². The van der Waals surface area contributed by atoms with Gasteiger partial charge in [-0.05, 0) is 17.4 Å². The molecule has 0 aliphatic carbocycles. The number of nitrogens with zero attached hydrogens (tertiary/aromatic N) is 2. The maximum absolute atomic E-state index is 12.2. The first-order chi connectivity index (χ1) is 10.1. The van der Waals surface area contributed by atoms with Crippen molar-refractivity contribution >= 4 is 27.5 Å². The lowest BCUT2D eigenvalue weighted by Gasteiger charge is -2.22. The van der Waals surface area contributed by atoms with Gasteiger partial charge >= 0.3 is 0 Å². The molecule has 2 N–H and O–H groups in total. The van der Waals surface area contributed by atoms with Gasteiger partial charge in [0, 0.05) is 0 Å². The van der Waals surface area contributed by atoms with Crippen molar-refractivity contribution in [3.05, 3.63) is 28.1 Å². The largest absolute Gasteiger partial charge is 0.394 e. The minimum atomic E-state index is -0.297. The summed E-state index contributed by atoms with van der Waals surface area (Å²) >= 11 is 1.31. The van der Waals surface area contributed by atoms with Gasteiger partial charge in [-0.15, -0.1) is 11.3 Å². The fourth-order valence-electron chi connectivity index (χ4n) is 2.05. The van der Waals surface area contributed by atoms with Crippen LogP contribution in [0, 0.1) is 5.92 Å². The molecule has 0 aliphatic heterocycles. The SMILES string of the molecule is CC[C@H](C)[C@@H](CO)NC(=O)Cn1cnc2ccsc2c1=O. The van der Waals surface area contributed by atoms with Crippen LogP contribution in [0.3, 0.4) is 0 Å². The summed E-state index contributed by atoms with van der Waals surface area (Å²) in [5.74, 6) is -0.122. The van der Waals surface area contributed by atoms with E-state index in [1.165, 1.54) is 22.2 Å². The van der Waals surface area contributed by atoms with Gasteiger partial charge in [-0.1, -0.05) is 20.3 Å². The number of carbonyl (C=O) groups excluding carboxylic acids is 1. The minimum absolute atomic E-state index is 0.0907. The number of hydrogen-bond donors (Lipinski definition) is 2. The molecule has 2 aromatic heterocycles. The van der Waals surface area contributed by atoms with E-state index in [0.717, 1.165) is 6.42 Å². The van der Waals surface area contributed by atoms with Crippen molar-refractivity contribution < 1.29 is 9.90 Å². The number of carbonyl (C=O) groups is 1. The zero-order chi connectivity index (χ0) is 15.4. The van der Waals surface area contributed by atoms with Crippen LogP contribution in [-0.4, -0.2) is 33.2 Å². The zero-order valence-corrected chi connectivity index (χ0v) is 12.9. The number of hydrogen-bond acceptors (Lipinski definition) is 5. The number of nitrogens with one attached hydrogen (secondary N) is 1. The second-order valence-corrected chi connectivity index (χ2v) is 5.97. The standard InChI is InChI=1S/C14H19N3O3S/c1-3-9(2)11(7-18)16-12(19)6-17-8-15-10-4-5-21-13(10)14(17)20/h4-5,8-9,11,18H,3,6-7H2,1-2H3,(H,16,19)/t9-,11+/m0/s1. The van der Waals surface area contributed by atoms with Crippen molar-refractivity contribution in [1.29, 1.82) is 0 Å². The first-order valence-corrected chi connectivity index (χ1v) is 7.77. The number of rotatable bonds is 6. The second kappa shape index (κ2) is 6.82. The van der Waals surface area contributed by atoms with Crippen LogP contribution >= 0.6 is 11.3 Å². The maximum atomic E-state index is 12.2. The summed E-state index contributed by atoms with van der Waals surface area (Å²) in [6, 6.07) is 1.48. The molecule has 0 fully saturated rings. The van der Waals surface area contributed by atoms with E-state index in [9.17, 15) is 14.7 Å². The van der Waals surface area contributed by atoms with E-state index in [4.69, 9.17) is 0 Å². The van der Waals surface area contributed by atoms with Gasteiger partial charge in [0.05, 0.1) is 24.5 Å². The first-order valence-electron chi connectivity index (χ1n) is 6.89. The van der Waals surface area contributed by atoms with Crippen LogP contribution < -0.4 is 10.9 Å². The third-order valence-electron chi connectivity index (χ3n) is 3.62. The number of aliphatic hydroxyl groups excluding tert-OH is 1. The lowest BCUT2D eigenvalue weighted by Crippen LogP contribution is -2.44. The molecule has 2 heterocycles. The lowest BCUT2D eigenvalue weighted by atomic mass is 10.00. The number of amides is 1. The molecule has 114 valence electrons. The maximum Gasteiger partial charge on any atom is 0.271 e. The Balaban J connectivity index is 2.11. The summed E-state index contributed by atoms with van der Waals surface area (Å²) in [7, 11) is 0. The zero-order valence-electron chi connectivity index (χ0n) is 12.1. The molecule has 0 aliphatic rings.